The number of rotatable bonds is 4. The van der Waals surface area contributed by atoms with Crippen molar-refractivity contribution in [3.63, 3.8) is 0 Å². The van der Waals surface area contributed by atoms with Gasteiger partial charge >= 0.3 is 0 Å². The van der Waals surface area contributed by atoms with Gasteiger partial charge in [0, 0.05) is 12.2 Å². The van der Waals surface area contributed by atoms with Gasteiger partial charge in [0.05, 0.1) is 6.04 Å². The van der Waals surface area contributed by atoms with E-state index in [1.165, 1.54) is 12.8 Å². The lowest BCUT2D eigenvalue weighted by Crippen LogP contribution is -2.32. The molecule has 1 aliphatic carbocycles. The molecular weight excluding hydrogens is 228 g/mol. The van der Waals surface area contributed by atoms with E-state index in [2.05, 4.69) is 10.4 Å². The maximum atomic E-state index is 12.0. The first-order chi connectivity index (χ1) is 8.61. The zero-order chi connectivity index (χ0) is 13.1. The van der Waals surface area contributed by atoms with Gasteiger partial charge in [0.25, 0.3) is 5.91 Å². The van der Waals surface area contributed by atoms with E-state index in [0.717, 1.165) is 19.3 Å². The molecule has 1 aromatic heterocycles. The summed E-state index contributed by atoms with van der Waals surface area (Å²) in [5.41, 5.74) is 6.34. The Labute approximate surface area is 108 Å². The molecule has 3 N–H and O–H groups in total. The predicted molar refractivity (Wildman–Crippen MR) is 71.4 cm³/mol. The highest BCUT2D eigenvalue weighted by Gasteiger charge is 2.21. The minimum absolute atomic E-state index is 0.119. The SMILES string of the molecule is CCC(C)NC(=O)c1cn(C2CCCC2)nc1N. The molecule has 100 valence electrons. The summed E-state index contributed by atoms with van der Waals surface area (Å²) < 4.78 is 1.87. The normalized spacial score (nSPS) is 17.9. The number of aromatic nitrogens is 2. The molecule has 0 aromatic carbocycles. The van der Waals surface area contributed by atoms with E-state index < -0.39 is 0 Å². The van der Waals surface area contributed by atoms with Crippen LogP contribution in [0.25, 0.3) is 0 Å². The van der Waals surface area contributed by atoms with Crippen LogP contribution in [0.5, 0.6) is 0 Å². The average molecular weight is 250 g/mol. The summed E-state index contributed by atoms with van der Waals surface area (Å²) >= 11 is 0. The third kappa shape index (κ3) is 2.66. The Morgan fingerprint density at radius 3 is 2.89 bits per heavy atom. The Balaban J connectivity index is 2.10. The first kappa shape index (κ1) is 12.9. The van der Waals surface area contributed by atoms with Crippen molar-refractivity contribution in [1.29, 1.82) is 0 Å². The van der Waals surface area contributed by atoms with E-state index in [-0.39, 0.29) is 11.9 Å². The van der Waals surface area contributed by atoms with Gasteiger partial charge in [-0.3, -0.25) is 9.48 Å². The van der Waals surface area contributed by atoms with E-state index in [9.17, 15) is 4.79 Å². The van der Waals surface area contributed by atoms with Crippen molar-refractivity contribution in [2.75, 3.05) is 5.73 Å². The topological polar surface area (TPSA) is 72.9 Å². The summed E-state index contributed by atoms with van der Waals surface area (Å²) in [6, 6.07) is 0.573. The molecule has 1 aromatic rings. The number of hydrogen-bond acceptors (Lipinski definition) is 3. The van der Waals surface area contributed by atoms with Gasteiger partial charge in [-0.1, -0.05) is 19.8 Å². The number of nitrogens with zero attached hydrogens (tertiary/aromatic N) is 2. The molecule has 1 saturated carbocycles. The van der Waals surface area contributed by atoms with Gasteiger partial charge in [-0.15, -0.1) is 0 Å². The van der Waals surface area contributed by atoms with Crippen LogP contribution >= 0.6 is 0 Å². The first-order valence-corrected chi connectivity index (χ1v) is 6.77. The first-order valence-electron chi connectivity index (χ1n) is 6.77. The molecule has 18 heavy (non-hydrogen) atoms. The Kier molecular flexibility index (Phi) is 3.89. The highest BCUT2D eigenvalue weighted by molar-refractivity contribution is 5.98. The lowest BCUT2D eigenvalue weighted by molar-refractivity contribution is 0.0940. The molecule has 0 bridgehead atoms. The molecule has 5 nitrogen and oxygen atoms in total. The minimum atomic E-state index is -0.119. The number of anilines is 1. The fourth-order valence-corrected chi connectivity index (χ4v) is 2.34. The smallest absolute Gasteiger partial charge is 0.256 e. The van der Waals surface area contributed by atoms with Crippen LogP contribution < -0.4 is 11.1 Å². The van der Waals surface area contributed by atoms with Gasteiger partial charge < -0.3 is 11.1 Å². The van der Waals surface area contributed by atoms with Gasteiger partial charge in [0.2, 0.25) is 0 Å². The molecule has 1 heterocycles. The van der Waals surface area contributed by atoms with Gasteiger partial charge in [-0.05, 0) is 26.2 Å². The van der Waals surface area contributed by atoms with E-state index in [1.54, 1.807) is 6.20 Å². The monoisotopic (exact) mass is 250 g/mol. The van der Waals surface area contributed by atoms with Crippen LogP contribution in [-0.4, -0.2) is 21.7 Å². The number of nitrogens with two attached hydrogens (primary N) is 1. The van der Waals surface area contributed by atoms with Crippen LogP contribution in [0.2, 0.25) is 0 Å². The van der Waals surface area contributed by atoms with Crippen molar-refractivity contribution in [3.05, 3.63) is 11.8 Å². The molecule has 1 amide bonds. The maximum absolute atomic E-state index is 12.0. The van der Waals surface area contributed by atoms with Crippen LogP contribution in [0.3, 0.4) is 0 Å². The maximum Gasteiger partial charge on any atom is 0.256 e. The van der Waals surface area contributed by atoms with Gasteiger partial charge in [-0.2, -0.15) is 5.10 Å². The van der Waals surface area contributed by atoms with E-state index in [0.29, 0.717) is 17.4 Å². The molecule has 1 atom stereocenters. The second kappa shape index (κ2) is 5.42. The van der Waals surface area contributed by atoms with Crippen LogP contribution in [0.1, 0.15) is 62.4 Å². The van der Waals surface area contributed by atoms with Gasteiger partial charge in [0.15, 0.2) is 5.82 Å². The highest BCUT2D eigenvalue weighted by atomic mass is 16.1. The number of hydrogen-bond donors (Lipinski definition) is 2. The number of carbonyl (C=O) groups is 1. The van der Waals surface area contributed by atoms with Crippen LogP contribution in [-0.2, 0) is 0 Å². The molecule has 0 spiro atoms. The molecule has 1 fully saturated rings. The van der Waals surface area contributed by atoms with Crippen molar-refractivity contribution in [2.45, 2.75) is 58.0 Å². The molecule has 0 saturated heterocycles. The summed E-state index contributed by atoms with van der Waals surface area (Å²) in [4.78, 5) is 12.0. The Morgan fingerprint density at radius 2 is 2.28 bits per heavy atom. The second-order valence-corrected chi connectivity index (χ2v) is 5.13. The Morgan fingerprint density at radius 1 is 1.61 bits per heavy atom. The number of carbonyl (C=O) groups excluding carboxylic acids is 1. The standard InChI is InChI=1S/C13H22N4O/c1-3-9(2)15-13(18)11-8-17(16-12(11)14)10-6-4-5-7-10/h8-10H,3-7H2,1-2H3,(H2,14,16)(H,15,18). The number of nitrogen functional groups attached to an aromatic ring is 1. The number of amides is 1. The van der Waals surface area contributed by atoms with Crippen LogP contribution in [0.4, 0.5) is 5.82 Å². The summed E-state index contributed by atoms with van der Waals surface area (Å²) in [6.45, 7) is 4.02. The Bertz CT molecular complexity index is 421. The third-order valence-corrected chi connectivity index (χ3v) is 3.69. The largest absolute Gasteiger partial charge is 0.382 e. The lowest BCUT2D eigenvalue weighted by Gasteiger charge is -2.10. The molecule has 2 rings (SSSR count). The summed E-state index contributed by atoms with van der Waals surface area (Å²) in [7, 11) is 0. The summed E-state index contributed by atoms with van der Waals surface area (Å²) in [5, 5.41) is 7.20. The molecule has 0 aliphatic heterocycles. The second-order valence-electron chi connectivity index (χ2n) is 5.13. The molecule has 1 aliphatic rings. The summed E-state index contributed by atoms with van der Waals surface area (Å²) in [6.07, 6.45) is 7.43. The fraction of sp³-hybridized carbons (Fsp3) is 0.692. The third-order valence-electron chi connectivity index (χ3n) is 3.69. The predicted octanol–water partition coefficient (Wildman–Crippen LogP) is 2.11. The molecule has 5 heteroatoms. The van der Waals surface area contributed by atoms with Crippen LogP contribution in [0.15, 0.2) is 6.20 Å². The van der Waals surface area contributed by atoms with Gasteiger partial charge in [-0.25, -0.2) is 0 Å². The van der Waals surface area contributed by atoms with E-state index in [1.807, 2.05) is 18.5 Å². The Hall–Kier alpha value is -1.52. The molecule has 1 unspecified atom stereocenters. The van der Waals surface area contributed by atoms with Crippen LogP contribution in [0, 0.1) is 0 Å². The van der Waals surface area contributed by atoms with Gasteiger partial charge in [0.1, 0.15) is 5.56 Å². The lowest BCUT2D eigenvalue weighted by atomic mass is 10.2. The zero-order valence-electron chi connectivity index (χ0n) is 11.1. The van der Waals surface area contributed by atoms with E-state index >= 15 is 0 Å². The fourth-order valence-electron chi connectivity index (χ4n) is 2.34. The van der Waals surface area contributed by atoms with Crippen molar-refractivity contribution >= 4 is 11.7 Å². The average Bonchev–Trinajstić information content (AvgIpc) is 2.97. The van der Waals surface area contributed by atoms with Crippen molar-refractivity contribution in [2.24, 2.45) is 0 Å². The highest BCUT2D eigenvalue weighted by Crippen LogP contribution is 2.29. The molecular formula is C13H22N4O. The van der Waals surface area contributed by atoms with Crippen molar-refractivity contribution < 1.29 is 4.79 Å². The zero-order valence-corrected chi connectivity index (χ0v) is 11.1. The van der Waals surface area contributed by atoms with E-state index in [4.69, 9.17) is 5.73 Å². The van der Waals surface area contributed by atoms with Crippen molar-refractivity contribution in [1.82, 2.24) is 15.1 Å². The van der Waals surface area contributed by atoms with Crippen molar-refractivity contribution in [3.8, 4) is 0 Å². The number of nitrogens with one attached hydrogen (secondary N) is 1. The summed E-state index contributed by atoms with van der Waals surface area (Å²) in [5.74, 6) is 0.216. The minimum Gasteiger partial charge on any atom is -0.382 e. The quantitative estimate of drug-likeness (QED) is 0.859. The molecule has 0 radical (unpaired) electrons.